The van der Waals surface area contributed by atoms with Crippen LogP contribution in [0.1, 0.15) is 23.2 Å². The third-order valence-electron chi connectivity index (χ3n) is 4.65. The van der Waals surface area contributed by atoms with Crippen LogP contribution in [0.5, 0.6) is 11.5 Å². The van der Waals surface area contributed by atoms with Crippen LogP contribution in [0.2, 0.25) is 10.0 Å². The monoisotopic (exact) mass is 422 g/mol. The van der Waals surface area contributed by atoms with Gasteiger partial charge >= 0.3 is 0 Å². The number of rotatable bonds is 5. The molecular weight excluding hydrogens is 403 g/mol. The molecule has 0 radical (unpaired) electrons. The minimum absolute atomic E-state index is 0.256. The summed E-state index contributed by atoms with van der Waals surface area (Å²) in [7, 11) is 3.06. The van der Waals surface area contributed by atoms with Crippen molar-refractivity contribution in [3.8, 4) is 11.5 Å². The van der Waals surface area contributed by atoms with Crippen LogP contribution in [0.3, 0.4) is 0 Å². The number of nitrogens with zero attached hydrogens (tertiary/aromatic N) is 1. The highest BCUT2D eigenvalue weighted by Crippen LogP contribution is 2.31. The molecule has 0 saturated carbocycles. The van der Waals surface area contributed by atoms with Gasteiger partial charge in [-0.1, -0.05) is 23.2 Å². The largest absolute Gasteiger partial charge is 0.497 e. The van der Waals surface area contributed by atoms with Gasteiger partial charge in [0, 0.05) is 18.2 Å². The van der Waals surface area contributed by atoms with Crippen LogP contribution >= 0.6 is 23.2 Å². The molecule has 28 heavy (non-hydrogen) atoms. The van der Waals surface area contributed by atoms with Gasteiger partial charge in [0.25, 0.3) is 5.91 Å². The molecule has 0 aromatic heterocycles. The molecule has 1 fully saturated rings. The van der Waals surface area contributed by atoms with Crippen molar-refractivity contribution in [2.24, 2.45) is 0 Å². The summed E-state index contributed by atoms with van der Waals surface area (Å²) in [5, 5.41) is 3.52. The fourth-order valence-corrected chi connectivity index (χ4v) is 3.50. The molecular formula is C20H20Cl2N2O4. The van der Waals surface area contributed by atoms with Gasteiger partial charge in [0.2, 0.25) is 5.91 Å². The minimum atomic E-state index is -0.585. The Hall–Kier alpha value is -2.44. The van der Waals surface area contributed by atoms with Gasteiger partial charge in [-0.25, -0.2) is 0 Å². The maximum absolute atomic E-state index is 12.9. The highest BCUT2D eigenvalue weighted by atomic mass is 35.5. The van der Waals surface area contributed by atoms with Gasteiger partial charge in [-0.05, 0) is 43.2 Å². The zero-order valence-electron chi connectivity index (χ0n) is 15.5. The second kappa shape index (κ2) is 8.71. The summed E-state index contributed by atoms with van der Waals surface area (Å²) in [5.41, 5.74) is 0.883. The zero-order chi connectivity index (χ0) is 20.3. The molecule has 1 heterocycles. The van der Waals surface area contributed by atoms with Crippen LogP contribution in [0.25, 0.3) is 0 Å². The van der Waals surface area contributed by atoms with Crippen molar-refractivity contribution in [1.29, 1.82) is 0 Å². The fourth-order valence-electron chi connectivity index (χ4n) is 3.21. The highest BCUT2D eigenvalue weighted by Gasteiger charge is 2.35. The Labute approximate surface area is 173 Å². The standard InChI is InChI=1S/C20H20Cl2N2O4/c1-27-13-6-8-18(28-2)16(11-13)23-19(25)17-4-3-9-24(17)20(26)12-5-7-14(21)15(22)10-12/h5-8,10-11,17H,3-4,9H2,1-2H3,(H,23,25). The SMILES string of the molecule is COc1ccc(OC)c(NC(=O)C2CCCN2C(=O)c2ccc(Cl)c(Cl)c2)c1. The fraction of sp³-hybridized carbons (Fsp3) is 0.300. The van der Waals surface area contributed by atoms with E-state index < -0.39 is 6.04 Å². The van der Waals surface area contributed by atoms with E-state index in [2.05, 4.69) is 5.32 Å². The molecule has 8 heteroatoms. The highest BCUT2D eigenvalue weighted by molar-refractivity contribution is 6.42. The molecule has 0 aliphatic carbocycles. The summed E-state index contributed by atoms with van der Waals surface area (Å²) in [6.07, 6.45) is 1.31. The van der Waals surface area contributed by atoms with E-state index >= 15 is 0 Å². The van der Waals surface area contributed by atoms with E-state index in [0.29, 0.717) is 45.8 Å². The van der Waals surface area contributed by atoms with E-state index in [1.165, 1.54) is 13.2 Å². The number of methoxy groups -OCH3 is 2. The van der Waals surface area contributed by atoms with Crippen molar-refractivity contribution in [3.63, 3.8) is 0 Å². The molecule has 1 N–H and O–H groups in total. The topological polar surface area (TPSA) is 67.9 Å². The van der Waals surface area contributed by atoms with E-state index in [4.69, 9.17) is 32.7 Å². The van der Waals surface area contributed by atoms with Gasteiger partial charge in [-0.2, -0.15) is 0 Å². The Balaban J connectivity index is 1.79. The molecule has 0 bridgehead atoms. The van der Waals surface area contributed by atoms with Crippen LogP contribution in [0.15, 0.2) is 36.4 Å². The van der Waals surface area contributed by atoms with Gasteiger partial charge in [-0.3, -0.25) is 9.59 Å². The first-order valence-electron chi connectivity index (χ1n) is 8.73. The molecule has 3 rings (SSSR count). The number of benzene rings is 2. The molecule has 1 aliphatic heterocycles. The number of carbonyl (C=O) groups excluding carboxylic acids is 2. The Bertz CT molecular complexity index is 904. The number of nitrogens with one attached hydrogen (secondary N) is 1. The average Bonchev–Trinajstić information content (AvgIpc) is 3.19. The number of ether oxygens (including phenoxy) is 2. The van der Waals surface area contributed by atoms with Crippen molar-refractivity contribution in [1.82, 2.24) is 4.90 Å². The van der Waals surface area contributed by atoms with Gasteiger partial charge in [0.1, 0.15) is 17.5 Å². The lowest BCUT2D eigenvalue weighted by Gasteiger charge is -2.24. The normalized spacial score (nSPS) is 16.0. The van der Waals surface area contributed by atoms with E-state index in [9.17, 15) is 9.59 Å². The van der Waals surface area contributed by atoms with Gasteiger partial charge in [-0.15, -0.1) is 0 Å². The number of anilines is 1. The summed E-state index contributed by atoms with van der Waals surface area (Å²) >= 11 is 11.9. The Morgan fingerprint density at radius 2 is 1.86 bits per heavy atom. The molecule has 148 valence electrons. The van der Waals surface area contributed by atoms with Crippen LogP contribution in [0.4, 0.5) is 5.69 Å². The van der Waals surface area contributed by atoms with Gasteiger partial charge in [0.15, 0.2) is 0 Å². The number of likely N-dealkylation sites (tertiary alicyclic amines) is 1. The molecule has 1 unspecified atom stereocenters. The molecule has 2 aromatic rings. The number of amides is 2. The Morgan fingerprint density at radius 3 is 2.54 bits per heavy atom. The predicted molar refractivity (Wildman–Crippen MR) is 109 cm³/mol. The minimum Gasteiger partial charge on any atom is -0.497 e. The smallest absolute Gasteiger partial charge is 0.254 e. The van der Waals surface area contributed by atoms with Gasteiger partial charge < -0.3 is 19.7 Å². The van der Waals surface area contributed by atoms with Crippen molar-refractivity contribution >= 4 is 40.7 Å². The van der Waals surface area contributed by atoms with Crippen LogP contribution in [0, 0.1) is 0 Å². The van der Waals surface area contributed by atoms with Crippen LogP contribution in [-0.4, -0.2) is 43.5 Å². The summed E-state index contributed by atoms with van der Waals surface area (Å²) < 4.78 is 10.5. The van der Waals surface area contributed by atoms with E-state index in [-0.39, 0.29) is 11.8 Å². The summed E-state index contributed by atoms with van der Waals surface area (Å²) in [6.45, 7) is 0.492. The number of halogens is 2. The number of hydrogen-bond donors (Lipinski definition) is 1. The lowest BCUT2D eigenvalue weighted by Crippen LogP contribution is -2.43. The Morgan fingerprint density at radius 1 is 1.07 bits per heavy atom. The zero-order valence-corrected chi connectivity index (χ0v) is 17.0. The molecule has 6 nitrogen and oxygen atoms in total. The number of hydrogen-bond acceptors (Lipinski definition) is 4. The first kappa shape index (κ1) is 20.3. The lowest BCUT2D eigenvalue weighted by molar-refractivity contribution is -0.119. The van der Waals surface area contributed by atoms with Gasteiger partial charge in [0.05, 0.1) is 30.0 Å². The lowest BCUT2D eigenvalue weighted by atomic mass is 10.1. The maximum atomic E-state index is 12.9. The molecule has 1 atom stereocenters. The molecule has 2 amide bonds. The molecule has 1 saturated heterocycles. The van der Waals surface area contributed by atoms with Crippen molar-refractivity contribution in [2.45, 2.75) is 18.9 Å². The van der Waals surface area contributed by atoms with E-state index in [1.807, 2.05) is 0 Å². The van der Waals surface area contributed by atoms with Crippen molar-refractivity contribution in [2.75, 3.05) is 26.1 Å². The first-order valence-corrected chi connectivity index (χ1v) is 9.49. The third-order valence-corrected chi connectivity index (χ3v) is 5.39. The molecule has 1 aliphatic rings. The summed E-state index contributed by atoms with van der Waals surface area (Å²) in [4.78, 5) is 27.4. The first-order chi connectivity index (χ1) is 13.4. The van der Waals surface area contributed by atoms with Crippen molar-refractivity contribution < 1.29 is 19.1 Å². The predicted octanol–water partition coefficient (Wildman–Crippen LogP) is 4.25. The van der Waals surface area contributed by atoms with Crippen molar-refractivity contribution in [3.05, 3.63) is 52.0 Å². The second-order valence-corrected chi connectivity index (χ2v) is 7.16. The molecule has 2 aromatic carbocycles. The van der Waals surface area contributed by atoms with E-state index in [1.54, 1.807) is 42.3 Å². The second-order valence-electron chi connectivity index (χ2n) is 6.34. The number of carbonyl (C=O) groups is 2. The summed E-state index contributed by atoms with van der Waals surface area (Å²) in [5.74, 6) is 0.562. The van der Waals surface area contributed by atoms with E-state index in [0.717, 1.165) is 6.42 Å². The average molecular weight is 423 g/mol. The maximum Gasteiger partial charge on any atom is 0.254 e. The summed E-state index contributed by atoms with van der Waals surface area (Å²) in [6, 6.07) is 9.24. The molecule has 0 spiro atoms. The Kier molecular flexibility index (Phi) is 6.31. The third kappa shape index (κ3) is 4.18. The van der Waals surface area contributed by atoms with Crippen LogP contribution < -0.4 is 14.8 Å². The van der Waals surface area contributed by atoms with Crippen LogP contribution in [-0.2, 0) is 4.79 Å². The quantitative estimate of drug-likeness (QED) is 0.781.